The first-order chi connectivity index (χ1) is 13.1. The average Bonchev–Trinajstić information content (AvgIpc) is 3.29. The third kappa shape index (κ3) is 3.26. The van der Waals surface area contributed by atoms with E-state index in [4.69, 9.17) is 9.26 Å². The van der Waals surface area contributed by atoms with Crippen LogP contribution >= 0.6 is 0 Å². The summed E-state index contributed by atoms with van der Waals surface area (Å²) in [5.74, 6) is 1.59. The molecule has 0 radical (unpaired) electrons. The number of hydrogen-bond acceptors (Lipinski definition) is 6. The van der Waals surface area contributed by atoms with Crippen LogP contribution in [0.3, 0.4) is 0 Å². The summed E-state index contributed by atoms with van der Waals surface area (Å²) >= 11 is 0. The van der Waals surface area contributed by atoms with Crippen LogP contribution in [0.1, 0.15) is 50.4 Å². The molecule has 4 rings (SSSR count). The van der Waals surface area contributed by atoms with Gasteiger partial charge in [-0.25, -0.2) is 0 Å². The van der Waals surface area contributed by atoms with Crippen LogP contribution in [0.15, 0.2) is 46.0 Å². The zero-order valence-electron chi connectivity index (χ0n) is 15.3. The van der Waals surface area contributed by atoms with Gasteiger partial charge in [0.25, 0.3) is 5.89 Å². The smallest absolute Gasteiger partial charge is 0.257 e. The van der Waals surface area contributed by atoms with Crippen LogP contribution in [-0.4, -0.2) is 27.5 Å². The summed E-state index contributed by atoms with van der Waals surface area (Å²) < 4.78 is 11.1. The van der Waals surface area contributed by atoms with Crippen molar-refractivity contribution in [1.82, 2.24) is 10.1 Å². The van der Waals surface area contributed by atoms with Gasteiger partial charge in [0.2, 0.25) is 0 Å². The molecule has 0 amide bonds. The van der Waals surface area contributed by atoms with E-state index >= 15 is 0 Å². The lowest BCUT2D eigenvalue weighted by atomic mass is 9.87. The molecule has 1 N–H and O–H groups in total. The Labute approximate surface area is 157 Å². The molecule has 0 aliphatic heterocycles. The van der Waals surface area contributed by atoms with Crippen LogP contribution in [0.5, 0.6) is 5.75 Å². The van der Waals surface area contributed by atoms with Crippen molar-refractivity contribution in [2.45, 2.75) is 51.2 Å². The second kappa shape index (κ2) is 7.01. The Morgan fingerprint density at radius 2 is 2.22 bits per heavy atom. The van der Waals surface area contributed by atoms with Gasteiger partial charge in [-0.15, -0.1) is 0 Å². The first-order valence-corrected chi connectivity index (χ1v) is 9.19. The van der Waals surface area contributed by atoms with Gasteiger partial charge in [0.05, 0.1) is 17.8 Å². The lowest BCUT2D eigenvalue weighted by Crippen LogP contribution is -2.10. The summed E-state index contributed by atoms with van der Waals surface area (Å²) in [6.07, 6.45) is 6.07. The van der Waals surface area contributed by atoms with Gasteiger partial charge >= 0.3 is 0 Å². The maximum absolute atomic E-state index is 10.1. The van der Waals surface area contributed by atoms with Crippen molar-refractivity contribution in [1.29, 1.82) is 5.26 Å². The van der Waals surface area contributed by atoms with Gasteiger partial charge in [0.1, 0.15) is 11.8 Å². The van der Waals surface area contributed by atoms with Gasteiger partial charge < -0.3 is 14.4 Å². The molecule has 27 heavy (non-hydrogen) atoms. The normalized spacial score (nSPS) is 21.4. The molecule has 2 aliphatic carbocycles. The fraction of sp³-hybridized carbons (Fsp3) is 0.381. The first-order valence-electron chi connectivity index (χ1n) is 9.19. The number of nitrogens with zero attached hydrogens (tertiary/aromatic N) is 3. The molecule has 1 aromatic heterocycles. The minimum absolute atomic E-state index is 0.0125. The Kier molecular flexibility index (Phi) is 4.54. The Morgan fingerprint density at radius 3 is 3.00 bits per heavy atom. The number of nitriles is 1. The summed E-state index contributed by atoms with van der Waals surface area (Å²) in [4.78, 5) is 4.58. The maximum atomic E-state index is 10.1. The SMILES string of the molecule is CC(C)Oc1ccc(-c2nc(C3CC=CC4=C3CC[C@H]4O)no2)cc1C#N. The van der Waals surface area contributed by atoms with Crippen LogP contribution in [0.2, 0.25) is 0 Å². The summed E-state index contributed by atoms with van der Waals surface area (Å²) in [7, 11) is 0. The predicted octanol–water partition coefficient (Wildman–Crippen LogP) is 3.89. The van der Waals surface area contributed by atoms with E-state index in [1.807, 2.05) is 26.0 Å². The van der Waals surface area contributed by atoms with Crippen LogP contribution in [0.4, 0.5) is 0 Å². The third-order valence-electron chi connectivity index (χ3n) is 4.97. The fourth-order valence-electron chi connectivity index (χ4n) is 3.73. The van der Waals surface area contributed by atoms with Crippen molar-refractivity contribution >= 4 is 0 Å². The Morgan fingerprint density at radius 1 is 1.37 bits per heavy atom. The molecule has 0 fully saturated rings. The largest absolute Gasteiger partial charge is 0.490 e. The molecular weight excluding hydrogens is 342 g/mol. The number of allylic oxidation sites excluding steroid dienone is 2. The van der Waals surface area contributed by atoms with Crippen LogP contribution in [0, 0.1) is 11.3 Å². The highest BCUT2D eigenvalue weighted by atomic mass is 16.5. The Balaban J connectivity index is 1.63. The number of hydrogen-bond donors (Lipinski definition) is 1. The molecule has 0 saturated carbocycles. The Hall–Kier alpha value is -2.91. The average molecular weight is 363 g/mol. The molecular formula is C21H21N3O3. The van der Waals surface area contributed by atoms with Gasteiger partial charge in [0.15, 0.2) is 5.82 Å². The maximum Gasteiger partial charge on any atom is 0.257 e. The number of ether oxygens (including phenoxy) is 1. The zero-order chi connectivity index (χ0) is 19.0. The quantitative estimate of drug-likeness (QED) is 0.886. The molecule has 1 unspecified atom stereocenters. The number of aromatic nitrogens is 2. The van der Waals surface area contributed by atoms with Crippen molar-refractivity contribution in [3.05, 3.63) is 52.9 Å². The van der Waals surface area contributed by atoms with Crippen molar-refractivity contribution in [2.24, 2.45) is 0 Å². The highest BCUT2D eigenvalue weighted by Gasteiger charge is 2.32. The van der Waals surface area contributed by atoms with Crippen LogP contribution in [-0.2, 0) is 0 Å². The highest BCUT2D eigenvalue weighted by Crippen LogP contribution is 2.42. The van der Waals surface area contributed by atoms with E-state index in [9.17, 15) is 10.4 Å². The second-order valence-electron chi connectivity index (χ2n) is 7.17. The van der Waals surface area contributed by atoms with E-state index in [0.717, 1.165) is 24.8 Å². The van der Waals surface area contributed by atoms with Crippen molar-refractivity contribution < 1.29 is 14.4 Å². The van der Waals surface area contributed by atoms with E-state index in [2.05, 4.69) is 22.3 Å². The van der Waals surface area contributed by atoms with E-state index in [0.29, 0.717) is 28.6 Å². The van der Waals surface area contributed by atoms with E-state index in [1.54, 1.807) is 12.1 Å². The van der Waals surface area contributed by atoms with Crippen molar-refractivity contribution in [3.63, 3.8) is 0 Å². The topological polar surface area (TPSA) is 92.2 Å². The second-order valence-corrected chi connectivity index (χ2v) is 7.17. The minimum atomic E-state index is -0.392. The molecule has 1 aromatic carbocycles. The number of rotatable bonds is 4. The predicted molar refractivity (Wildman–Crippen MR) is 99.0 cm³/mol. The molecule has 1 heterocycles. The molecule has 6 heteroatoms. The van der Waals surface area contributed by atoms with Gasteiger partial charge in [-0.05, 0) is 56.9 Å². The molecule has 6 nitrogen and oxygen atoms in total. The fourth-order valence-corrected chi connectivity index (χ4v) is 3.73. The van der Waals surface area contributed by atoms with E-state index < -0.39 is 6.10 Å². The molecule has 2 atom stereocenters. The zero-order valence-corrected chi connectivity index (χ0v) is 15.3. The van der Waals surface area contributed by atoms with Gasteiger partial charge in [-0.1, -0.05) is 22.9 Å². The van der Waals surface area contributed by atoms with E-state index in [-0.39, 0.29) is 12.0 Å². The van der Waals surface area contributed by atoms with Crippen molar-refractivity contribution in [3.8, 4) is 23.3 Å². The number of aliphatic hydroxyl groups excluding tert-OH is 1. The lowest BCUT2D eigenvalue weighted by molar-refractivity contribution is 0.215. The third-order valence-corrected chi connectivity index (χ3v) is 4.97. The summed E-state index contributed by atoms with van der Waals surface area (Å²) in [5.41, 5.74) is 3.33. The van der Waals surface area contributed by atoms with Gasteiger partial charge in [-0.3, -0.25) is 0 Å². The van der Waals surface area contributed by atoms with Gasteiger partial charge in [0, 0.05) is 11.5 Å². The lowest BCUT2D eigenvalue weighted by Gasteiger charge is -2.18. The standard InChI is InChI=1S/C21H21N3O3/c1-12(2)26-19-9-6-13(10-14(19)11-22)21-23-20(24-27-21)17-5-3-4-16-15(17)7-8-18(16)25/h3-4,6,9-10,12,17-18,25H,5,7-8H2,1-2H3/t17?,18-/m1/s1. The highest BCUT2D eigenvalue weighted by molar-refractivity contribution is 5.60. The molecule has 0 spiro atoms. The summed E-state index contributed by atoms with van der Waals surface area (Å²) in [6, 6.07) is 7.44. The number of aliphatic hydroxyl groups is 1. The van der Waals surface area contributed by atoms with Crippen LogP contribution in [0.25, 0.3) is 11.5 Å². The molecule has 138 valence electrons. The van der Waals surface area contributed by atoms with Crippen LogP contribution < -0.4 is 4.74 Å². The first kappa shape index (κ1) is 17.5. The van der Waals surface area contributed by atoms with Gasteiger partial charge in [-0.2, -0.15) is 10.2 Å². The molecule has 0 saturated heterocycles. The molecule has 2 aromatic rings. The monoisotopic (exact) mass is 363 g/mol. The Bertz CT molecular complexity index is 965. The minimum Gasteiger partial charge on any atom is -0.490 e. The van der Waals surface area contributed by atoms with Crippen molar-refractivity contribution in [2.75, 3.05) is 0 Å². The summed E-state index contributed by atoms with van der Waals surface area (Å²) in [6.45, 7) is 3.84. The summed E-state index contributed by atoms with van der Waals surface area (Å²) in [5, 5.41) is 23.7. The van der Waals surface area contributed by atoms with E-state index in [1.165, 1.54) is 5.57 Å². The number of benzene rings is 1. The molecule has 0 bridgehead atoms. The molecule has 2 aliphatic rings.